The molecule has 0 saturated heterocycles. The van der Waals surface area contributed by atoms with Crippen LogP contribution in [0.2, 0.25) is 5.02 Å². The summed E-state index contributed by atoms with van der Waals surface area (Å²) < 4.78 is 53.4. The lowest BCUT2D eigenvalue weighted by molar-refractivity contribution is 0.102. The largest absolute Gasteiger partial charge is 0.376 e. The van der Waals surface area contributed by atoms with Crippen molar-refractivity contribution in [2.24, 2.45) is 0 Å². The van der Waals surface area contributed by atoms with Crippen LogP contribution in [-0.4, -0.2) is 28.4 Å². The molecule has 1 amide bonds. The Kier molecular flexibility index (Phi) is 6.47. The third-order valence-electron chi connectivity index (χ3n) is 4.29. The van der Waals surface area contributed by atoms with Gasteiger partial charge in [0.2, 0.25) is 0 Å². The minimum absolute atomic E-state index is 0.151. The molecule has 0 aliphatic carbocycles. The summed E-state index contributed by atoms with van der Waals surface area (Å²) in [6.45, 7) is 0. The van der Waals surface area contributed by atoms with Gasteiger partial charge in [-0.15, -0.1) is 0 Å². The van der Waals surface area contributed by atoms with Gasteiger partial charge in [-0.2, -0.15) is 0 Å². The smallest absolute Gasteiger partial charge is 0.261 e. The monoisotopic (exact) mass is 465 g/mol. The molecule has 2 N–H and O–H groups in total. The van der Waals surface area contributed by atoms with Crippen LogP contribution in [0, 0.1) is 11.6 Å². The Morgan fingerprint density at radius 2 is 1.61 bits per heavy atom. The first-order valence-electron chi connectivity index (χ1n) is 8.93. The van der Waals surface area contributed by atoms with Gasteiger partial charge in [0.15, 0.2) is 11.6 Å². The van der Waals surface area contributed by atoms with Crippen molar-refractivity contribution in [3.05, 3.63) is 82.9 Å². The fourth-order valence-electron chi connectivity index (χ4n) is 2.74. The number of sulfonamides is 1. The normalized spacial score (nSPS) is 11.1. The van der Waals surface area contributed by atoms with Gasteiger partial charge in [-0.05, 0) is 60.7 Å². The SMILES string of the molecule is CN(C)c1ccc(Cl)cc1NC(=O)c1ccc(NS(=O)(=O)c2ccc(F)c(F)c2)cc1. The lowest BCUT2D eigenvalue weighted by Gasteiger charge is -2.18. The van der Waals surface area contributed by atoms with Gasteiger partial charge >= 0.3 is 0 Å². The molecule has 162 valence electrons. The first-order chi connectivity index (χ1) is 14.6. The first kappa shape index (κ1) is 22.5. The number of nitrogens with one attached hydrogen (secondary N) is 2. The Labute approximate surface area is 183 Å². The predicted octanol–water partition coefficient (Wildman–Crippen LogP) is 4.74. The molecule has 6 nitrogen and oxygen atoms in total. The highest BCUT2D eigenvalue weighted by Crippen LogP contribution is 2.28. The second kappa shape index (κ2) is 8.91. The van der Waals surface area contributed by atoms with Crippen LogP contribution in [0.5, 0.6) is 0 Å². The second-order valence-electron chi connectivity index (χ2n) is 6.77. The van der Waals surface area contributed by atoms with Crippen LogP contribution < -0.4 is 14.9 Å². The van der Waals surface area contributed by atoms with Gasteiger partial charge in [0, 0.05) is 30.4 Å². The molecule has 31 heavy (non-hydrogen) atoms. The second-order valence-corrected chi connectivity index (χ2v) is 8.89. The molecule has 3 aromatic carbocycles. The molecule has 0 spiro atoms. The summed E-state index contributed by atoms with van der Waals surface area (Å²) in [5.41, 5.74) is 1.71. The Balaban J connectivity index is 1.76. The zero-order chi connectivity index (χ0) is 22.8. The van der Waals surface area contributed by atoms with Crippen LogP contribution in [0.4, 0.5) is 25.8 Å². The maximum absolute atomic E-state index is 13.3. The van der Waals surface area contributed by atoms with Crippen molar-refractivity contribution in [2.45, 2.75) is 4.90 Å². The van der Waals surface area contributed by atoms with E-state index < -0.39 is 32.5 Å². The molecule has 0 aromatic heterocycles. The molecule has 0 atom stereocenters. The Bertz CT molecular complexity index is 1230. The third-order valence-corrected chi connectivity index (χ3v) is 5.90. The zero-order valence-electron chi connectivity index (χ0n) is 16.5. The minimum Gasteiger partial charge on any atom is -0.376 e. The highest BCUT2D eigenvalue weighted by molar-refractivity contribution is 7.92. The van der Waals surface area contributed by atoms with Crippen molar-refractivity contribution in [1.29, 1.82) is 0 Å². The minimum atomic E-state index is -4.13. The van der Waals surface area contributed by atoms with Crippen LogP contribution in [0.1, 0.15) is 10.4 Å². The molecule has 0 fully saturated rings. The van der Waals surface area contributed by atoms with E-state index in [9.17, 15) is 22.0 Å². The van der Waals surface area contributed by atoms with Crippen LogP contribution >= 0.6 is 11.6 Å². The molecule has 0 unspecified atom stereocenters. The summed E-state index contributed by atoms with van der Waals surface area (Å²) in [4.78, 5) is 14.0. The number of nitrogens with zero attached hydrogens (tertiary/aromatic N) is 1. The van der Waals surface area contributed by atoms with Crippen molar-refractivity contribution in [1.82, 2.24) is 0 Å². The van der Waals surface area contributed by atoms with Crippen molar-refractivity contribution >= 4 is 44.6 Å². The molecule has 10 heteroatoms. The van der Waals surface area contributed by atoms with E-state index in [0.29, 0.717) is 16.8 Å². The fraction of sp³-hybridized carbons (Fsp3) is 0.0952. The predicted molar refractivity (Wildman–Crippen MR) is 117 cm³/mol. The first-order valence-corrected chi connectivity index (χ1v) is 10.8. The van der Waals surface area contributed by atoms with Crippen molar-refractivity contribution in [3.63, 3.8) is 0 Å². The average Bonchev–Trinajstić information content (AvgIpc) is 2.70. The van der Waals surface area contributed by atoms with Crippen molar-refractivity contribution in [3.8, 4) is 0 Å². The molecule has 0 bridgehead atoms. The number of halogens is 3. The Hall–Kier alpha value is -3.17. The molecule has 0 heterocycles. The van der Waals surface area contributed by atoms with Crippen molar-refractivity contribution < 1.29 is 22.0 Å². The van der Waals surface area contributed by atoms with Crippen LogP contribution in [0.25, 0.3) is 0 Å². The summed E-state index contributed by atoms with van der Waals surface area (Å²) in [6, 6.07) is 13.0. The topological polar surface area (TPSA) is 78.5 Å². The van der Waals surface area contributed by atoms with E-state index in [0.717, 1.165) is 17.8 Å². The number of anilines is 3. The van der Waals surface area contributed by atoms with Gasteiger partial charge in [0.05, 0.1) is 16.3 Å². The van der Waals surface area contributed by atoms with E-state index in [2.05, 4.69) is 10.0 Å². The van der Waals surface area contributed by atoms with Crippen LogP contribution in [0.3, 0.4) is 0 Å². The number of rotatable bonds is 6. The van der Waals surface area contributed by atoms with Gasteiger partial charge in [-0.3, -0.25) is 9.52 Å². The third kappa shape index (κ3) is 5.31. The highest BCUT2D eigenvalue weighted by Gasteiger charge is 2.17. The zero-order valence-corrected chi connectivity index (χ0v) is 18.1. The summed E-state index contributed by atoms with van der Waals surface area (Å²) in [6.07, 6.45) is 0. The van der Waals surface area contributed by atoms with E-state index >= 15 is 0 Å². The standard InChI is InChI=1S/C21H18ClF2N3O3S/c1-27(2)20-10-5-14(22)11-19(20)25-21(28)13-3-6-15(7-4-13)26-31(29,30)16-8-9-17(23)18(24)12-16/h3-12,26H,1-2H3,(H,25,28). The number of hydrogen-bond donors (Lipinski definition) is 2. The summed E-state index contributed by atoms with van der Waals surface area (Å²) in [7, 11) is -0.479. The van der Waals surface area contributed by atoms with Gasteiger partial charge in [-0.1, -0.05) is 11.6 Å². The number of hydrogen-bond acceptors (Lipinski definition) is 4. The molecule has 0 aliphatic heterocycles. The van der Waals surface area contributed by atoms with E-state index in [1.807, 2.05) is 19.0 Å². The number of carbonyl (C=O) groups is 1. The van der Waals surface area contributed by atoms with E-state index in [4.69, 9.17) is 11.6 Å². The number of amides is 1. The van der Waals surface area contributed by atoms with Gasteiger partial charge in [-0.25, -0.2) is 17.2 Å². The quantitative estimate of drug-likeness (QED) is 0.551. The van der Waals surface area contributed by atoms with Gasteiger partial charge < -0.3 is 10.2 Å². The maximum atomic E-state index is 13.3. The molecule has 3 rings (SSSR count). The molecule has 0 aliphatic rings. The molecule has 0 radical (unpaired) electrons. The lowest BCUT2D eigenvalue weighted by Crippen LogP contribution is -2.17. The van der Waals surface area contributed by atoms with Crippen molar-refractivity contribution in [2.75, 3.05) is 29.0 Å². The van der Waals surface area contributed by atoms with E-state index in [-0.39, 0.29) is 11.3 Å². The average molecular weight is 466 g/mol. The summed E-state index contributed by atoms with van der Waals surface area (Å²) in [5.74, 6) is -2.83. The number of carbonyl (C=O) groups excluding carboxylic acids is 1. The fourth-order valence-corrected chi connectivity index (χ4v) is 3.98. The van der Waals surface area contributed by atoms with E-state index in [1.54, 1.807) is 18.2 Å². The van der Waals surface area contributed by atoms with Gasteiger partial charge in [0.1, 0.15) is 0 Å². The maximum Gasteiger partial charge on any atom is 0.261 e. The molecular weight excluding hydrogens is 448 g/mol. The highest BCUT2D eigenvalue weighted by atomic mass is 35.5. The Morgan fingerprint density at radius 1 is 0.935 bits per heavy atom. The molecule has 3 aromatic rings. The van der Waals surface area contributed by atoms with Gasteiger partial charge in [0.25, 0.3) is 15.9 Å². The van der Waals surface area contributed by atoms with Crippen LogP contribution in [-0.2, 0) is 10.0 Å². The molecule has 0 saturated carbocycles. The summed E-state index contributed by atoms with van der Waals surface area (Å²) in [5, 5.41) is 3.23. The van der Waals surface area contributed by atoms with E-state index in [1.165, 1.54) is 24.3 Å². The lowest BCUT2D eigenvalue weighted by atomic mass is 10.2. The summed E-state index contributed by atoms with van der Waals surface area (Å²) >= 11 is 6.02. The van der Waals surface area contributed by atoms with Crippen LogP contribution in [0.15, 0.2) is 65.6 Å². The molecular formula is C21H18ClF2N3O3S. The number of benzene rings is 3. The Morgan fingerprint density at radius 3 is 2.23 bits per heavy atom.